The minimum absolute atomic E-state index is 0.110. The minimum atomic E-state index is -0.447. The number of unbranched alkanes of at least 4 members (excludes halogenated alkanes) is 1. The van der Waals surface area contributed by atoms with Crippen LogP contribution < -0.4 is 10.6 Å². The van der Waals surface area contributed by atoms with E-state index in [1.54, 1.807) is 0 Å². The van der Waals surface area contributed by atoms with Gasteiger partial charge < -0.3 is 10.6 Å². The molecule has 1 aliphatic rings. The van der Waals surface area contributed by atoms with E-state index in [0.717, 1.165) is 24.1 Å². The number of carbonyl (C=O) groups excluding carboxylic acids is 2. The second-order valence-corrected chi connectivity index (χ2v) is 6.65. The first-order valence-corrected chi connectivity index (χ1v) is 8.90. The summed E-state index contributed by atoms with van der Waals surface area (Å²) >= 11 is 1.24. The van der Waals surface area contributed by atoms with E-state index in [1.165, 1.54) is 11.8 Å². The van der Waals surface area contributed by atoms with Crippen LogP contribution in [0.2, 0.25) is 0 Å². The smallest absolute Gasteiger partial charge is 0.240 e. The molecule has 24 heavy (non-hydrogen) atoms. The zero-order valence-electron chi connectivity index (χ0n) is 13.9. The molecule has 0 aromatic heterocycles. The van der Waals surface area contributed by atoms with Gasteiger partial charge >= 0.3 is 0 Å². The SMILES string of the molecule is CCCCNC(=O)C[C@H]1S/C(=N\N=C(\C)c2ccccc2)NC1=O. The monoisotopic (exact) mass is 346 g/mol. The predicted octanol–water partition coefficient (Wildman–Crippen LogP) is 2.30. The zero-order valence-corrected chi connectivity index (χ0v) is 14.7. The number of hydrogen-bond acceptors (Lipinski definition) is 5. The second kappa shape index (κ2) is 9.22. The normalized spacial score (nSPS) is 19.4. The van der Waals surface area contributed by atoms with Gasteiger partial charge in [-0.05, 0) is 18.9 Å². The van der Waals surface area contributed by atoms with Crippen LogP contribution in [0.4, 0.5) is 0 Å². The van der Waals surface area contributed by atoms with Crippen molar-refractivity contribution in [2.24, 2.45) is 10.2 Å². The van der Waals surface area contributed by atoms with E-state index in [-0.39, 0.29) is 18.2 Å². The highest BCUT2D eigenvalue weighted by Crippen LogP contribution is 2.22. The number of thioether (sulfide) groups is 1. The molecule has 1 fully saturated rings. The number of nitrogens with one attached hydrogen (secondary N) is 2. The van der Waals surface area contributed by atoms with Crippen molar-refractivity contribution >= 4 is 34.5 Å². The summed E-state index contributed by atoms with van der Waals surface area (Å²) in [6.45, 7) is 4.57. The molecule has 0 aliphatic carbocycles. The molecule has 1 aromatic carbocycles. The van der Waals surface area contributed by atoms with Crippen molar-refractivity contribution in [3.63, 3.8) is 0 Å². The van der Waals surface area contributed by atoms with Crippen LogP contribution in [0.25, 0.3) is 0 Å². The number of amides is 2. The number of amidine groups is 1. The molecule has 0 saturated carbocycles. The summed E-state index contributed by atoms with van der Waals surface area (Å²) in [5.41, 5.74) is 1.74. The third kappa shape index (κ3) is 5.49. The van der Waals surface area contributed by atoms with Crippen LogP contribution in [0.5, 0.6) is 0 Å². The summed E-state index contributed by atoms with van der Waals surface area (Å²) in [6, 6.07) is 9.69. The Morgan fingerprint density at radius 3 is 2.79 bits per heavy atom. The first-order valence-electron chi connectivity index (χ1n) is 8.02. The molecular weight excluding hydrogens is 324 g/mol. The maximum Gasteiger partial charge on any atom is 0.240 e. The molecule has 0 unspecified atom stereocenters. The van der Waals surface area contributed by atoms with E-state index in [4.69, 9.17) is 0 Å². The molecule has 2 rings (SSSR count). The van der Waals surface area contributed by atoms with Gasteiger partial charge in [0.1, 0.15) is 5.25 Å². The van der Waals surface area contributed by atoms with Gasteiger partial charge in [0.15, 0.2) is 5.17 Å². The highest BCUT2D eigenvalue weighted by Gasteiger charge is 2.32. The third-order valence-electron chi connectivity index (χ3n) is 3.48. The lowest BCUT2D eigenvalue weighted by Crippen LogP contribution is -2.31. The standard InChI is InChI=1S/C17H22N4O2S/c1-3-4-10-18-15(22)11-14-16(23)19-17(24-14)21-20-12(2)13-8-6-5-7-9-13/h5-9,14H,3-4,10-11H2,1-2H3,(H,18,22)(H,19,21,23)/b20-12-/t14-/m1/s1. The summed E-state index contributed by atoms with van der Waals surface area (Å²) in [7, 11) is 0. The van der Waals surface area contributed by atoms with Gasteiger partial charge in [0, 0.05) is 13.0 Å². The summed E-state index contributed by atoms with van der Waals surface area (Å²) in [6.07, 6.45) is 2.12. The molecule has 1 aromatic rings. The predicted molar refractivity (Wildman–Crippen MR) is 98.1 cm³/mol. The van der Waals surface area contributed by atoms with Crippen molar-refractivity contribution in [3.05, 3.63) is 35.9 Å². The lowest BCUT2D eigenvalue weighted by atomic mass is 10.1. The second-order valence-electron chi connectivity index (χ2n) is 5.46. The topological polar surface area (TPSA) is 82.9 Å². The van der Waals surface area contributed by atoms with E-state index in [0.29, 0.717) is 11.7 Å². The third-order valence-corrected chi connectivity index (χ3v) is 4.55. The maximum atomic E-state index is 11.9. The van der Waals surface area contributed by atoms with Crippen molar-refractivity contribution in [1.82, 2.24) is 10.6 Å². The van der Waals surface area contributed by atoms with E-state index in [2.05, 4.69) is 27.8 Å². The van der Waals surface area contributed by atoms with Crippen LogP contribution in [0.1, 0.15) is 38.7 Å². The molecule has 2 amide bonds. The van der Waals surface area contributed by atoms with Crippen molar-refractivity contribution in [1.29, 1.82) is 0 Å². The van der Waals surface area contributed by atoms with Gasteiger partial charge in [-0.15, -0.1) is 5.10 Å². The first kappa shape index (κ1) is 18.2. The molecule has 1 atom stereocenters. The maximum absolute atomic E-state index is 11.9. The molecule has 0 radical (unpaired) electrons. The molecule has 6 nitrogen and oxygen atoms in total. The summed E-state index contributed by atoms with van der Waals surface area (Å²) < 4.78 is 0. The van der Waals surface area contributed by atoms with Crippen molar-refractivity contribution in [2.75, 3.05) is 6.54 Å². The number of benzene rings is 1. The largest absolute Gasteiger partial charge is 0.356 e. The van der Waals surface area contributed by atoms with Crippen LogP contribution in [-0.4, -0.2) is 34.5 Å². The van der Waals surface area contributed by atoms with E-state index >= 15 is 0 Å². The molecule has 2 N–H and O–H groups in total. The number of rotatable bonds is 7. The number of hydrogen-bond donors (Lipinski definition) is 2. The van der Waals surface area contributed by atoms with E-state index in [9.17, 15) is 9.59 Å². The lowest BCUT2D eigenvalue weighted by Gasteiger charge is -2.06. The fourth-order valence-corrected chi connectivity index (χ4v) is 3.01. The highest BCUT2D eigenvalue weighted by atomic mass is 32.2. The van der Waals surface area contributed by atoms with E-state index in [1.807, 2.05) is 37.3 Å². The fraction of sp³-hybridized carbons (Fsp3) is 0.412. The van der Waals surface area contributed by atoms with Crippen molar-refractivity contribution < 1.29 is 9.59 Å². The van der Waals surface area contributed by atoms with Crippen molar-refractivity contribution in [2.45, 2.75) is 38.4 Å². The van der Waals surface area contributed by atoms with Crippen LogP contribution >= 0.6 is 11.8 Å². The Bertz CT molecular complexity index is 643. The van der Waals surface area contributed by atoms with Crippen molar-refractivity contribution in [3.8, 4) is 0 Å². The molecule has 0 spiro atoms. The van der Waals surface area contributed by atoms with Gasteiger partial charge in [0.25, 0.3) is 0 Å². The van der Waals surface area contributed by atoms with Gasteiger partial charge in [-0.25, -0.2) is 0 Å². The van der Waals surface area contributed by atoms with Crippen LogP contribution in [0.3, 0.4) is 0 Å². The quantitative estimate of drug-likeness (QED) is 0.451. The molecule has 1 heterocycles. The van der Waals surface area contributed by atoms with Gasteiger partial charge in [-0.3, -0.25) is 9.59 Å². The Morgan fingerprint density at radius 2 is 2.08 bits per heavy atom. The summed E-state index contributed by atoms with van der Waals surface area (Å²) in [5.74, 6) is -0.307. The molecular formula is C17H22N4O2S. The highest BCUT2D eigenvalue weighted by molar-refractivity contribution is 8.15. The molecule has 128 valence electrons. The number of carbonyl (C=O) groups is 2. The van der Waals surface area contributed by atoms with Gasteiger partial charge in [0.2, 0.25) is 11.8 Å². The molecule has 1 saturated heterocycles. The zero-order chi connectivity index (χ0) is 17.4. The molecule has 7 heteroatoms. The first-order chi connectivity index (χ1) is 11.6. The molecule has 1 aliphatic heterocycles. The van der Waals surface area contributed by atoms with Crippen LogP contribution in [0.15, 0.2) is 40.5 Å². The Kier molecular flexibility index (Phi) is 6.99. The number of nitrogens with zero attached hydrogens (tertiary/aromatic N) is 2. The Morgan fingerprint density at radius 1 is 1.33 bits per heavy atom. The summed E-state index contributed by atoms with van der Waals surface area (Å²) in [5, 5.41) is 13.7. The summed E-state index contributed by atoms with van der Waals surface area (Å²) in [4.78, 5) is 23.7. The van der Waals surface area contributed by atoms with Gasteiger partial charge in [-0.2, -0.15) is 5.10 Å². The van der Waals surface area contributed by atoms with E-state index < -0.39 is 5.25 Å². The van der Waals surface area contributed by atoms with Crippen LogP contribution in [0, 0.1) is 0 Å². The van der Waals surface area contributed by atoms with Gasteiger partial charge in [-0.1, -0.05) is 55.4 Å². The minimum Gasteiger partial charge on any atom is -0.356 e. The Labute approximate surface area is 146 Å². The fourth-order valence-electron chi connectivity index (χ4n) is 2.09. The Balaban J connectivity index is 1.90. The lowest BCUT2D eigenvalue weighted by molar-refractivity contribution is -0.125. The average molecular weight is 346 g/mol. The Hall–Kier alpha value is -2.15. The average Bonchev–Trinajstić information content (AvgIpc) is 2.93. The van der Waals surface area contributed by atoms with Crippen LogP contribution in [-0.2, 0) is 9.59 Å². The molecule has 0 bridgehead atoms. The van der Waals surface area contributed by atoms with Gasteiger partial charge in [0.05, 0.1) is 5.71 Å².